The van der Waals surface area contributed by atoms with Gasteiger partial charge in [-0.1, -0.05) is 82.5 Å². The smallest absolute Gasteiger partial charge is 0.0120 e. The normalized spacial score (nSPS) is 13.5. The van der Waals surface area contributed by atoms with Crippen LogP contribution >= 0.6 is 31.9 Å². The minimum Gasteiger partial charge on any atom is -0.0894 e. The van der Waals surface area contributed by atoms with Crippen LogP contribution in [0.3, 0.4) is 0 Å². The molecular weight excluding hydrogens is 340 g/mol. The third kappa shape index (κ3) is 11.0. The van der Waals surface area contributed by atoms with Crippen LogP contribution in [0.2, 0.25) is 0 Å². The van der Waals surface area contributed by atoms with Crippen molar-refractivity contribution in [3.05, 3.63) is 35.4 Å². The SMILES string of the molecule is CCC(C)Br.Cc1ccc(CCC(C)Br)cc1. The first-order chi connectivity index (χ1) is 7.95. The highest BCUT2D eigenvalue weighted by atomic mass is 79.9. The average Bonchev–Trinajstić information content (AvgIpc) is 2.29. The molecule has 2 unspecified atom stereocenters. The molecule has 0 aliphatic heterocycles. The van der Waals surface area contributed by atoms with Crippen molar-refractivity contribution in [2.45, 2.75) is 56.6 Å². The summed E-state index contributed by atoms with van der Waals surface area (Å²) in [5.74, 6) is 0. The van der Waals surface area contributed by atoms with E-state index in [2.05, 4.69) is 83.8 Å². The van der Waals surface area contributed by atoms with E-state index in [1.807, 2.05) is 0 Å². The fourth-order valence-electron chi connectivity index (χ4n) is 1.12. The summed E-state index contributed by atoms with van der Waals surface area (Å²) in [6, 6.07) is 8.78. The van der Waals surface area contributed by atoms with Gasteiger partial charge in [0, 0.05) is 9.65 Å². The lowest BCUT2D eigenvalue weighted by molar-refractivity contribution is 0.822. The standard InChI is InChI=1S/C11H15Br.C4H9Br/c1-9-3-6-11(7-4-9)8-5-10(2)12;1-3-4(2)5/h3-4,6-7,10H,5,8H2,1-2H3;4H,3H2,1-2H3. The van der Waals surface area contributed by atoms with Crippen molar-refractivity contribution in [3.63, 3.8) is 0 Å². The van der Waals surface area contributed by atoms with E-state index in [-0.39, 0.29) is 0 Å². The highest BCUT2D eigenvalue weighted by molar-refractivity contribution is 9.09. The van der Waals surface area contributed by atoms with Crippen LogP contribution in [0.4, 0.5) is 0 Å². The Balaban J connectivity index is 0.000000437. The third-order valence-electron chi connectivity index (χ3n) is 2.51. The Morgan fingerprint density at radius 2 is 1.47 bits per heavy atom. The Hall–Kier alpha value is 0.180. The van der Waals surface area contributed by atoms with Gasteiger partial charge in [0.05, 0.1) is 0 Å². The maximum Gasteiger partial charge on any atom is 0.0120 e. The maximum atomic E-state index is 3.55. The Kier molecular flexibility index (Phi) is 10.2. The fourth-order valence-corrected chi connectivity index (χ4v) is 1.35. The quantitative estimate of drug-likeness (QED) is 0.585. The molecule has 0 saturated heterocycles. The molecule has 0 bridgehead atoms. The minimum absolute atomic E-state index is 0.624. The van der Waals surface area contributed by atoms with Gasteiger partial charge in [0.2, 0.25) is 0 Å². The van der Waals surface area contributed by atoms with Crippen molar-refractivity contribution in [2.75, 3.05) is 0 Å². The molecule has 0 aliphatic carbocycles. The summed E-state index contributed by atoms with van der Waals surface area (Å²) < 4.78 is 0. The van der Waals surface area contributed by atoms with Gasteiger partial charge in [0.1, 0.15) is 0 Å². The first kappa shape index (κ1) is 17.2. The van der Waals surface area contributed by atoms with Crippen LogP contribution < -0.4 is 0 Å². The van der Waals surface area contributed by atoms with E-state index in [9.17, 15) is 0 Å². The van der Waals surface area contributed by atoms with E-state index in [0.717, 1.165) is 0 Å². The van der Waals surface area contributed by atoms with Crippen molar-refractivity contribution in [2.24, 2.45) is 0 Å². The second-order valence-corrected chi connectivity index (χ2v) is 7.62. The summed E-state index contributed by atoms with van der Waals surface area (Å²) >= 11 is 6.92. The number of hydrogen-bond donors (Lipinski definition) is 0. The van der Waals surface area contributed by atoms with E-state index in [0.29, 0.717) is 9.65 Å². The van der Waals surface area contributed by atoms with Gasteiger partial charge in [0.15, 0.2) is 0 Å². The molecule has 0 heterocycles. The number of rotatable bonds is 4. The van der Waals surface area contributed by atoms with Gasteiger partial charge in [-0.15, -0.1) is 0 Å². The molecule has 0 aliphatic rings. The van der Waals surface area contributed by atoms with Crippen molar-refractivity contribution >= 4 is 31.9 Å². The van der Waals surface area contributed by atoms with Crippen molar-refractivity contribution in [1.82, 2.24) is 0 Å². The largest absolute Gasteiger partial charge is 0.0894 e. The molecule has 0 N–H and O–H groups in total. The van der Waals surface area contributed by atoms with Gasteiger partial charge < -0.3 is 0 Å². The van der Waals surface area contributed by atoms with Crippen molar-refractivity contribution in [3.8, 4) is 0 Å². The van der Waals surface area contributed by atoms with Gasteiger partial charge in [-0.3, -0.25) is 0 Å². The maximum absolute atomic E-state index is 3.55. The summed E-state index contributed by atoms with van der Waals surface area (Å²) in [6.45, 7) is 8.60. The Bertz CT molecular complexity index is 275. The van der Waals surface area contributed by atoms with Crippen LogP contribution in [-0.2, 0) is 6.42 Å². The van der Waals surface area contributed by atoms with Crippen molar-refractivity contribution in [1.29, 1.82) is 0 Å². The Morgan fingerprint density at radius 3 is 1.82 bits per heavy atom. The van der Waals surface area contributed by atoms with E-state index >= 15 is 0 Å². The molecule has 1 rings (SSSR count). The molecule has 0 saturated carbocycles. The van der Waals surface area contributed by atoms with Crippen LogP contribution in [-0.4, -0.2) is 9.65 Å². The van der Waals surface area contributed by atoms with Crippen LogP contribution in [0.5, 0.6) is 0 Å². The van der Waals surface area contributed by atoms with Gasteiger partial charge in [-0.2, -0.15) is 0 Å². The van der Waals surface area contributed by atoms with Crippen LogP contribution in [0.1, 0.15) is 44.7 Å². The molecule has 2 heteroatoms. The predicted octanol–water partition coefficient (Wildman–Crippen LogP) is 5.89. The highest BCUT2D eigenvalue weighted by Crippen LogP contribution is 2.10. The Labute approximate surface area is 123 Å². The fraction of sp³-hybridized carbons (Fsp3) is 0.600. The van der Waals surface area contributed by atoms with Gasteiger partial charge in [0.25, 0.3) is 0 Å². The van der Waals surface area contributed by atoms with Crippen LogP contribution in [0.15, 0.2) is 24.3 Å². The van der Waals surface area contributed by atoms with Gasteiger partial charge in [-0.05, 0) is 31.7 Å². The summed E-state index contributed by atoms with van der Waals surface area (Å²) in [6.07, 6.45) is 3.61. The first-order valence-electron chi connectivity index (χ1n) is 6.29. The van der Waals surface area contributed by atoms with Gasteiger partial charge in [-0.25, -0.2) is 0 Å². The molecule has 98 valence electrons. The monoisotopic (exact) mass is 362 g/mol. The second kappa shape index (κ2) is 10.1. The molecule has 1 aromatic rings. The predicted molar refractivity (Wildman–Crippen MR) is 86.6 cm³/mol. The minimum atomic E-state index is 0.624. The van der Waals surface area contributed by atoms with E-state index in [1.54, 1.807) is 0 Å². The lowest BCUT2D eigenvalue weighted by Gasteiger charge is -2.03. The summed E-state index contributed by atoms with van der Waals surface area (Å²) in [5, 5.41) is 0. The summed E-state index contributed by atoms with van der Waals surface area (Å²) in [5.41, 5.74) is 2.78. The first-order valence-corrected chi connectivity index (χ1v) is 8.12. The van der Waals surface area contributed by atoms with Crippen LogP contribution in [0.25, 0.3) is 0 Å². The number of alkyl halides is 2. The van der Waals surface area contributed by atoms with Crippen LogP contribution in [0, 0.1) is 6.92 Å². The number of aryl methyl sites for hydroxylation is 2. The zero-order chi connectivity index (χ0) is 13.3. The van der Waals surface area contributed by atoms with Crippen molar-refractivity contribution < 1.29 is 0 Å². The summed E-state index contributed by atoms with van der Waals surface area (Å²) in [7, 11) is 0. The molecule has 0 spiro atoms. The lowest BCUT2D eigenvalue weighted by Crippen LogP contribution is -1.93. The van der Waals surface area contributed by atoms with Gasteiger partial charge >= 0.3 is 0 Å². The zero-order valence-corrected chi connectivity index (χ0v) is 14.5. The number of benzene rings is 1. The molecule has 2 atom stereocenters. The molecule has 0 nitrogen and oxygen atoms in total. The molecular formula is C15H24Br2. The molecule has 1 aromatic carbocycles. The summed E-state index contributed by atoms with van der Waals surface area (Å²) in [4.78, 5) is 1.32. The van der Waals surface area contributed by atoms with E-state index in [4.69, 9.17) is 0 Å². The van der Waals surface area contributed by atoms with E-state index in [1.165, 1.54) is 30.4 Å². The highest BCUT2D eigenvalue weighted by Gasteiger charge is 1.96. The number of halogens is 2. The molecule has 0 fully saturated rings. The molecule has 0 amide bonds. The Morgan fingerprint density at radius 1 is 1.00 bits per heavy atom. The van der Waals surface area contributed by atoms with E-state index < -0.39 is 0 Å². The average molecular weight is 364 g/mol. The zero-order valence-electron chi connectivity index (χ0n) is 11.3. The third-order valence-corrected chi connectivity index (χ3v) is 3.62. The molecule has 17 heavy (non-hydrogen) atoms. The second-order valence-electron chi connectivity index (χ2n) is 4.49. The molecule has 0 aromatic heterocycles. The number of hydrogen-bond acceptors (Lipinski definition) is 0. The lowest BCUT2D eigenvalue weighted by atomic mass is 10.1. The topological polar surface area (TPSA) is 0 Å². The molecule has 0 radical (unpaired) electrons.